The van der Waals surface area contributed by atoms with E-state index >= 15 is 0 Å². The number of carbonyl (C=O) groups excluding carboxylic acids is 1. The Balaban J connectivity index is 2.32. The SMILES string of the molecule is NC1CC(=O)N(C(C(=O)O)c2ccc(F)cc2)C1. The summed E-state index contributed by atoms with van der Waals surface area (Å²) in [7, 11) is 0. The molecule has 96 valence electrons. The lowest BCUT2D eigenvalue weighted by molar-refractivity contribution is -0.148. The van der Waals surface area contributed by atoms with Crippen molar-refractivity contribution in [2.24, 2.45) is 5.73 Å². The molecule has 1 amide bonds. The molecule has 0 aromatic heterocycles. The zero-order valence-electron chi connectivity index (χ0n) is 9.54. The van der Waals surface area contributed by atoms with E-state index in [2.05, 4.69) is 0 Å². The number of halogens is 1. The summed E-state index contributed by atoms with van der Waals surface area (Å²) < 4.78 is 12.8. The van der Waals surface area contributed by atoms with Crippen molar-refractivity contribution in [2.45, 2.75) is 18.5 Å². The lowest BCUT2D eigenvalue weighted by Crippen LogP contribution is -2.36. The number of carboxylic acid groups (broad SMARTS) is 1. The highest BCUT2D eigenvalue weighted by Crippen LogP contribution is 2.26. The Morgan fingerprint density at radius 1 is 1.44 bits per heavy atom. The number of nitrogens with zero attached hydrogens (tertiary/aromatic N) is 1. The summed E-state index contributed by atoms with van der Waals surface area (Å²) in [4.78, 5) is 24.2. The van der Waals surface area contributed by atoms with Gasteiger partial charge in [0.05, 0.1) is 0 Å². The van der Waals surface area contributed by atoms with E-state index in [0.717, 1.165) is 0 Å². The van der Waals surface area contributed by atoms with Crippen molar-refractivity contribution in [3.63, 3.8) is 0 Å². The summed E-state index contributed by atoms with van der Waals surface area (Å²) in [5.41, 5.74) is 6.01. The zero-order chi connectivity index (χ0) is 13.3. The lowest BCUT2D eigenvalue weighted by atomic mass is 10.1. The number of carboxylic acids is 1. The third-order valence-corrected chi connectivity index (χ3v) is 2.92. The van der Waals surface area contributed by atoms with E-state index in [1.54, 1.807) is 0 Å². The Kier molecular flexibility index (Phi) is 3.29. The molecular formula is C12H13FN2O3. The third kappa shape index (κ3) is 2.33. The molecule has 1 saturated heterocycles. The molecule has 2 atom stereocenters. The Bertz CT molecular complexity index is 475. The van der Waals surface area contributed by atoms with Crippen LogP contribution in [0.15, 0.2) is 24.3 Å². The fourth-order valence-electron chi connectivity index (χ4n) is 2.11. The highest BCUT2D eigenvalue weighted by atomic mass is 19.1. The van der Waals surface area contributed by atoms with E-state index in [4.69, 9.17) is 5.73 Å². The Labute approximate surface area is 103 Å². The van der Waals surface area contributed by atoms with E-state index in [1.165, 1.54) is 29.2 Å². The van der Waals surface area contributed by atoms with Crippen LogP contribution in [0.4, 0.5) is 4.39 Å². The molecule has 6 heteroatoms. The van der Waals surface area contributed by atoms with Crippen molar-refractivity contribution in [1.29, 1.82) is 0 Å². The quantitative estimate of drug-likeness (QED) is 0.821. The maximum atomic E-state index is 12.8. The van der Waals surface area contributed by atoms with E-state index in [-0.39, 0.29) is 24.9 Å². The van der Waals surface area contributed by atoms with Crippen molar-refractivity contribution < 1.29 is 19.1 Å². The fourth-order valence-corrected chi connectivity index (χ4v) is 2.11. The average Bonchev–Trinajstić information content (AvgIpc) is 2.61. The number of benzene rings is 1. The van der Waals surface area contributed by atoms with Gasteiger partial charge in [-0.15, -0.1) is 0 Å². The first-order valence-electron chi connectivity index (χ1n) is 5.52. The smallest absolute Gasteiger partial charge is 0.331 e. The van der Waals surface area contributed by atoms with Gasteiger partial charge in [0.2, 0.25) is 5.91 Å². The molecule has 0 aliphatic carbocycles. The minimum absolute atomic E-state index is 0.144. The molecule has 2 unspecified atom stereocenters. The van der Waals surface area contributed by atoms with Crippen LogP contribution in [0.3, 0.4) is 0 Å². The van der Waals surface area contributed by atoms with Gasteiger partial charge in [-0.25, -0.2) is 9.18 Å². The molecule has 1 heterocycles. The topological polar surface area (TPSA) is 83.6 Å². The van der Waals surface area contributed by atoms with Gasteiger partial charge in [0, 0.05) is 19.0 Å². The molecule has 0 saturated carbocycles. The molecular weight excluding hydrogens is 239 g/mol. The van der Waals surface area contributed by atoms with Crippen LogP contribution in [-0.2, 0) is 9.59 Å². The van der Waals surface area contributed by atoms with Crippen molar-refractivity contribution in [2.75, 3.05) is 6.54 Å². The molecule has 1 aromatic rings. The molecule has 1 aromatic carbocycles. The van der Waals surface area contributed by atoms with E-state index < -0.39 is 17.8 Å². The largest absolute Gasteiger partial charge is 0.479 e. The second-order valence-electron chi connectivity index (χ2n) is 4.30. The Hall–Kier alpha value is -1.95. The second kappa shape index (κ2) is 4.73. The first-order chi connectivity index (χ1) is 8.49. The molecule has 1 aliphatic heterocycles. The standard InChI is InChI=1S/C12H13FN2O3/c13-8-3-1-7(2-4-8)11(12(17)18)15-6-9(14)5-10(15)16/h1-4,9,11H,5-6,14H2,(H,17,18). The second-order valence-corrected chi connectivity index (χ2v) is 4.30. The van der Waals surface area contributed by atoms with Crippen LogP contribution in [-0.4, -0.2) is 34.5 Å². The summed E-state index contributed by atoms with van der Waals surface area (Å²) in [6.07, 6.45) is 0.144. The van der Waals surface area contributed by atoms with Crippen molar-refractivity contribution in [1.82, 2.24) is 4.90 Å². The molecule has 0 spiro atoms. The minimum atomic E-state index is -1.15. The highest BCUT2D eigenvalue weighted by Gasteiger charge is 2.37. The summed E-state index contributed by atoms with van der Waals surface area (Å²) in [5, 5.41) is 9.23. The maximum absolute atomic E-state index is 12.8. The van der Waals surface area contributed by atoms with Crippen LogP contribution in [0, 0.1) is 5.82 Å². The molecule has 0 radical (unpaired) electrons. The van der Waals surface area contributed by atoms with Gasteiger partial charge in [-0.05, 0) is 17.7 Å². The number of carbonyl (C=O) groups is 2. The van der Waals surface area contributed by atoms with Crippen LogP contribution >= 0.6 is 0 Å². The number of hydrogen-bond donors (Lipinski definition) is 2. The first-order valence-corrected chi connectivity index (χ1v) is 5.52. The average molecular weight is 252 g/mol. The van der Waals surface area contributed by atoms with E-state index in [9.17, 15) is 19.1 Å². The third-order valence-electron chi connectivity index (χ3n) is 2.92. The molecule has 5 nitrogen and oxygen atoms in total. The summed E-state index contributed by atoms with van der Waals surface area (Å²) in [6, 6.07) is 3.63. The van der Waals surface area contributed by atoms with Gasteiger partial charge in [0.15, 0.2) is 6.04 Å². The zero-order valence-corrected chi connectivity index (χ0v) is 9.54. The number of rotatable bonds is 3. The molecule has 2 rings (SSSR count). The summed E-state index contributed by atoms with van der Waals surface area (Å²) in [5.74, 6) is -1.89. The van der Waals surface area contributed by atoms with Crippen LogP contribution in [0.25, 0.3) is 0 Å². The Morgan fingerprint density at radius 3 is 2.50 bits per heavy atom. The fraction of sp³-hybridized carbons (Fsp3) is 0.333. The summed E-state index contributed by atoms with van der Waals surface area (Å²) >= 11 is 0. The van der Waals surface area contributed by atoms with Crippen molar-refractivity contribution in [3.05, 3.63) is 35.6 Å². The first kappa shape index (κ1) is 12.5. The molecule has 1 fully saturated rings. The molecule has 0 bridgehead atoms. The minimum Gasteiger partial charge on any atom is -0.479 e. The maximum Gasteiger partial charge on any atom is 0.331 e. The van der Waals surface area contributed by atoms with Crippen LogP contribution < -0.4 is 5.73 Å². The molecule has 1 aliphatic rings. The number of amides is 1. The van der Waals surface area contributed by atoms with Crippen molar-refractivity contribution in [3.8, 4) is 0 Å². The van der Waals surface area contributed by atoms with Gasteiger partial charge in [-0.3, -0.25) is 4.79 Å². The number of hydrogen-bond acceptors (Lipinski definition) is 3. The summed E-state index contributed by atoms with van der Waals surface area (Å²) in [6.45, 7) is 0.202. The van der Waals surface area contributed by atoms with Gasteiger partial charge >= 0.3 is 5.97 Å². The highest BCUT2D eigenvalue weighted by molar-refractivity contribution is 5.86. The van der Waals surface area contributed by atoms with Gasteiger partial charge in [-0.2, -0.15) is 0 Å². The molecule has 18 heavy (non-hydrogen) atoms. The number of aliphatic carboxylic acids is 1. The monoisotopic (exact) mass is 252 g/mol. The van der Waals surface area contributed by atoms with Gasteiger partial charge in [0.1, 0.15) is 5.82 Å². The van der Waals surface area contributed by atoms with Crippen LogP contribution in [0.1, 0.15) is 18.0 Å². The Morgan fingerprint density at radius 2 is 2.06 bits per heavy atom. The van der Waals surface area contributed by atoms with Crippen LogP contribution in [0.5, 0.6) is 0 Å². The van der Waals surface area contributed by atoms with Crippen LogP contribution in [0.2, 0.25) is 0 Å². The number of likely N-dealkylation sites (tertiary alicyclic amines) is 1. The van der Waals surface area contributed by atoms with Gasteiger partial charge in [0.25, 0.3) is 0 Å². The van der Waals surface area contributed by atoms with Crippen molar-refractivity contribution >= 4 is 11.9 Å². The van der Waals surface area contributed by atoms with E-state index in [0.29, 0.717) is 5.56 Å². The normalized spacial score (nSPS) is 21.1. The number of nitrogens with two attached hydrogens (primary N) is 1. The predicted octanol–water partition coefficient (Wildman–Crippen LogP) is 0.511. The van der Waals surface area contributed by atoms with Gasteiger partial charge < -0.3 is 15.7 Å². The lowest BCUT2D eigenvalue weighted by Gasteiger charge is -2.24. The van der Waals surface area contributed by atoms with Gasteiger partial charge in [-0.1, -0.05) is 12.1 Å². The predicted molar refractivity (Wildman–Crippen MR) is 61.1 cm³/mol. The van der Waals surface area contributed by atoms with E-state index in [1.807, 2.05) is 0 Å². The molecule has 3 N–H and O–H groups in total.